The lowest BCUT2D eigenvalue weighted by atomic mass is 10.1. The van der Waals surface area contributed by atoms with Crippen LogP contribution in [0.4, 0.5) is 5.69 Å². The van der Waals surface area contributed by atoms with E-state index in [2.05, 4.69) is 10.0 Å². The van der Waals surface area contributed by atoms with Crippen LogP contribution in [0.2, 0.25) is 0 Å². The fourth-order valence-corrected chi connectivity index (χ4v) is 4.80. The van der Waals surface area contributed by atoms with Crippen LogP contribution in [0.15, 0.2) is 86.9 Å². The van der Waals surface area contributed by atoms with Crippen molar-refractivity contribution in [1.29, 1.82) is 0 Å². The Bertz CT molecular complexity index is 1550. The van der Waals surface area contributed by atoms with Crippen molar-refractivity contribution in [3.63, 3.8) is 0 Å². The van der Waals surface area contributed by atoms with Gasteiger partial charge in [0, 0.05) is 24.4 Å². The number of Topliss-reactive ketones (excluding diaryl/α,β-unsaturated/α-hetero) is 1. The fourth-order valence-electron chi connectivity index (χ4n) is 3.59. The van der Waals surface area contributed by atoms with Crippen LogP contribution in [-0.4, -0.2) is 30.7 Å². The molecule has 1 heterocycles. The van der Waals surface area contributed by atoms with E-state index >= 15 is 0 Å². The molecule has 1 atom stereocenters. The summed E-state index contributed by atoms with van der Waals surface area (Å²) in [6.45, 7) is 1.44. The molecule has 4 rings (SSSR count). The first-order valence-electron chi connectivity index (χ1n) is 10.7. The largest absolute Gasteiger partial charge is 0.419 e. The van der Waals surface area contributed by atoms with Crippen molar-refractivity contribution in [2.45, 2.75) is 24.3 Å². The quantitative estimate of drug-likeness (QED) is 0.363. The van der Waals surface area contributed by atoms with Crippen LogP contribution in [-0.2, 0) is 28.3 Å². The topological polar surface area (TPSA) is 127 Å². The number of aromatic nitrogens is 1. The van der Waals surface area contributed by atoms with Gasteiger partial charge in [0.15, 0.2) is 11.4 Å². The molecule has 0 saturated heterocycles. The molecule has 0 aliphatic rings. The van der Waals surface area contributed by atoms with Crippen LogP contribution in [0, 0.1) is 0 Å². The Morgan fingerprint density at radius 2 is 1.69 bits per heavy atom. The Balaban J connectivity index is 1.62. The Morgan fingerprint density at radius 3 is 2.34 bits per heavy atom. The lowest BCUT2D eigenvalue weighted by molar-refractivity contribution is -0.117. The van der Waals surface area contributed by atoms with Crippen molar-refractivity contribution in [1.82, 2.24) is 9.29 Å². The molecule has 0 saturated carbocycles. The molecular weight excluding hydrogens is 470 g/mol. The van der Waals surface area contributed by atoms with E-state index in [1.807, 2.05) is 6.07 Å². The summed E-state index contributed by atoms with van der Waals surface area (Å²) in [7, 11) is -2.64. The van der Waals surface area contributed by atoms with Gasteiger partial charge in [-0.3, -0.25) is 14.2 Å². The van der Waals surface area contributed by atoms with Crippen molar-refractivity contribution < 1.29 is 22.4 Å². The normalized spacial score (nSPS) is 12.4. The van der Waals surface area contributed by atoms with E-state index in [1.54, 1.807) is 48.5 Å². The number of hydrogen-bond donors (Lipinski definition) is 2. The summed E-state index contributed by atoms with van der Waals surface area (Å²) >= 11 is 0. The van der Waals surface area contributed by atoms with Gasteiger partial charge in [0.05, 0.1) is 10.4 Å². The van der Waals surface area contributed by atoms with Gasteiger partial charge in [0.2, 0.25) is 15.9 Å². The van der Waals surface area contributed by atoms with E-state index in [1.165, 1.54) is 36.7 Å². The van der Waals surface area contributed by atoms with Gasteiger partial charge in [-0.25, -0.2) is 13.2 Å². The van der Waals surface area contributed by atoms with Crippen LogP contribution < -0.4 is 15.8 Å². The molecule has 180 valence electrons. The monoisotopic (exact) mass is 493 g/mol. The van der Waals surface area contributed by atoms with Gasteiger partial charge in [-0.1, -0.05) is 30.3 Å². The number of ketones is 1. The summed E-state index contributed by atoms with van der Waals surface area (Å²) in [5, 5.41) is 2.70. The van der Waals surface area contributed by atoms with E-state index < -0.39 is 27.7 Å². The molecule has 0 fully saturated rings. The molecule has 0 aliphatic carbocycles. The van der Waals surface area contributed by atoms with Gasteiger partial charge in [0.1, 0.15) is 6.04 Å². The molecule has 0 spiro atoms. The van der Waals surface area contributed by atoms with E-state index in [0.717, 1.165) is 5.56 Å². The number of fused-ring (bicyclic) bond motifs is 1. The van der Waals surface area contributed by atoms with Gasteiger partial charge >= 0.3 is 5.76 Å². The number of nitrogens with zero attached hydrogens (tertiary/aromatic N) is 1. The third-order valence-corrected chi connectivity index (χ3v) is 7.00. The van der Waals surface area contributed by atoms with Crippen LogP contribution >= 0.6 is 0 Å². The summed E-state index contributed by atoms with van der Waals surface area (Å²) in [5.74, 6) is -1.29. The van der Waals surface area contributed by atoms with Gasteiger partial charge in [0.25, 0.3) is 0 Å². The highest BCUT2D eigenvalue weighted by Crippen LogP contribution is 2.19. The van der Waals surface area contributed by atoms with Gasteiger partial charge < -0.3 is 9.73 Å². The van der Waals surface area contributed by atoms with Gasteiger partial charge in [-0.2, -0.15) is 4.72 Å². The van der Waals surface area contributed by atoms with E-state index in [4.69, 9.17) is 4.42 Å². The van der Waals surface area contributed by atoms with Crippen molar-refractivity contribution in [3.8, 4) is 0 Å². The van der Waals surface area contributed by atoms with E-state index in [0.29, 0.717) is 16.8 Å². The first-order chi connectivity index (χ1) is 16.6. The minimum absolute atomic E-state index is 0.0973. The number of sulfonamides is 1. The van der Waals surface area contributed by atoms with Crippen molar-refractivity contribution >= 4 is 38.5 Å². The standard InChI is InChI=1S/C25H23N3O6S/c1-16(29)18-8-10-19(11-9-18)26-24(30)21(14-17-6-4-3-5-7-17)27-35(32,33)20-12-13-22-23(15-20)34-25(31)28(22)2/h3-13,15,21,27H,14H2,1-2H3,(H,26,30)/t21-/m0/s1. The van der Waals surface area contributed by atoms with Gasteiger partial charge in [-0.15, -0.1) is 0 Å². The Morgan fingerprint density at radius 1 is 1.00 bits per heavy atom. The number of carbonyl (C=O) groups is 2. The fraction of sp³-hybridized carbons (Fsp3) is 0.160. The number of nitrogens with one attached hydrogen (secondary N) is 2. The molecule has 2 N–H and O–H groups in total. The summed E-state index contributed by atoms with van der Waals surface area (Å²) < 4.78 is 35.2. The second-order valence-electron chi connectivity index (χ2n) is 8.04. The van der Waals surface area contributed by atoms with Crippen LogP contribution in [0.25, 0.3) is 11.1 Å². The molecular formula is C25H23N3O6S. The molecule has 3 aromatic carbocycles. The number of anilines is 1. The highest BCUT2D eigenvalue weighted by molar-refractivity contribution is 7.89. The molecule has 35 heavy (non-hydrogen) atoms. The zero-order valence-corrected chi connectivity index (χ0v) is 19.8. The summed E-state index contributed by atoms with van der Waals surface area (Å²) in [6.07, 6.45) is 0.0973. The zero-order valence-electron chi connectivity index (χ0n) is 19.0. The van der Waals surface area contributed by atoms with Crippen LogP contribution in [0.3, 0.4) is 0 Å². The minimum Gasteiger partial charge on any atom is -0.408 e. The number of rotatable bonds is 8. The molecule has 0 aliphatic heterocycles. The number of amides is 1. The number of oxazole rings is 1. The Hall–Kier alpha value is -4.02. The van der Waals surface area contributed by atoms with Gasteiger partial charge in [-0.05, 0) is 55.3 Å². The number of carbonyl (C=O) groups excluding carboxylic acids is 2. The average Bonchev–Trinajstić information content (AvgIpc) is 3.12. The average molecular weight is 494 g/mol. The molecule has 0 bridgehead atoms. The molecule has 10 heteroatoms. The maximum absolute atomic E-state index is 13.2. The Labute approximate surface area is 201 Å². The molecule has 1 amide bonds. The molecule has 9 nitrogen and oxygen atoms in total. The summed E-state index contributed by atoms with van der Waals surface area (Å²) in [4.78, 5) is 36.2. The lowest BCUT2D eigenvalue weighted by Crippen LogP contribution is -2.45. The number of benzene rings is 3. The first-order valence-corrected chi connectivity index (χ1v) is 12.2. The van der Waals surface area contributed by atoms with Crippen molar-refractivity contribution in [3.05, 3.63) is 94.5 Å². The highest BCUT2D eigenvalue weighted by atomic mass is 32.2. The number of aryl methyl sites for hydroxylation is 1. The lowest BCUT2D eigenvalue weighted by Gasteiger charge is -2.19. The maximum Gasteiger partial charge on any atom is 0.419 e. The molecule has 0 radical (unpaired) electrons. The first kappa shape index (κ1) is 24.1. The molecule has 1 aromatic heterocycles. The van der Waals surface area contributed by atoms with E-state index in [9.17, 15) is 22.8 Å². The third kappa shape index (κ3) is 5.39. The second-order valence-corrected chi connectivity index (χ2v) is 9.76. The summed E-state index contributed by atoms with van der Waals surface area (Å²) in [5.41, 5.74) is 2.24. The summed E-state index contributed by atoms with van der Waals surface area (Å²) in [6, 6.07) is 18.2. The Kier molecular flexibility index (Phi) is 6.68. The highest BCUT2D eigenvalue weighted by Gasteiger charge is 2.27. The third-order valence-electron chi connectivity index (χ3n) is 5.53. The molecule has 4 aromatic rings. The van der Waals surface area contributed by atoms with Crippen molar-refractivity contribution in [2.24, 2.45) is 7.05 Å². The SMILES string of the molecule is CC(=O)c1ccc(NC(=O)[C@H](Cc2ccccc2)NS(=O)(=O)c2ccc3c(c2)oc(=O)n3C)cc1. The zero-order chi connectivity index (χ0) is 25.2. The van der Waals surface area contributed by atoms with E-state index in [-0.39, 0.29) is 22.7 Å². The molecule has 0 unspecified atom stereocenters. The van der Waals surface area contributed by atoms with Crippen molar-refractivity contribution in [2.75, 3.05) is 5.32 Å². The number of hydrogen-bond acceptors (Lipinski definition) is 6. The minimum atomic E-state index is -4.16. The smallest absolute Gasteiger partial charge is 0.408 e. The maximum atomic E-state index is 13.2. The predicted molar refractivity (Wildman–Crippen MR) is 131 cm³/mol. The predicted octanol–water partition coefficient (Wildman–Crippen LogP) is 2.86. The second kappa shape index (κ2) is 9.69. The van der Waals surface area contributed by atoms with Crippen LogP contribution in [0.5, 0.6) is 0 Å². The van der Waals surface area contributed by atoms with Crippen LogP contribution in [0.1, 0.15) is 22.8 Å².